The summed E-state index contributed by atoms with van der Waals surface area (Å²) in [6, 6.07) is 7.56. The molecule has 2 fully saturated rings. The molecule has 3 rings (SSSR count). The van der Waals surface area contributed by atoms with Gasteiger partial charge in [0.05, 0.1) is 13.0 Å². The third-order valence-electron chi connectivity index (χ3n) is 5.14. The van der Waals surface area contributed by atoms with Crippen molar-refractivity contribution >= 4 is 29.9 Å². The van der Waals surface area contributed by atoms with Crippen molar-refractivity contribution in [1.29, 1.82) is 0 Å². The van der Waals surface area contributed by atoms with Crippen molar-refractivity contribution in [3.05, 3.63) is 24.3 Å². The highest BCUT2D eigenvalue weighted by Gasteiger charge is 2.40. The van der Waals surface area contributed by atoms with Crippen LogP contribution < -0.4 is 15.4 Å². The second kappa shape index (κ2) is 8.06. The molecule has 2 aliphatic rings. The van der Waals surface area contributed by atoms with Gasteiger partial charge < -0.3 is 20.3 Å². The minimum Gasteiger partial charge on any atom is -0.497 e. The van der Waals surface area contributed by atoms with Gasteiger partial charge in [-0.05, 0) is 50.1 Å². The first-order valence-electron chi connectivity index (χ1n) is 8.48. The molecule has 0 saturated carbocycles. The zero-order valence-corrected chi connectivity index (χ0v) is 15.5. The Hall–Kier alpha value is -1.79. The van der Waals surface area contributed by atoms with Crippen LogP contribution in [0.4, 0.5) is 5.69 Å². The van der Waals surface area contributed by atoms with Gasteiger partial charge in [-0.15, -0.1) is 12.4 Å². The molecule has 2 heterocycles. The summed E-state index contributed by atoms with van der Waals surface area (Å²) in [6.07, 6.45) is 1.23. The number of nitrogens with two attached hydrogens (primary N) is 1. The van der Waals surface area contributed by atoms with Gasteiger partial charge in [0.25, 0.3) is 0 Å². The number of benzene rings is 1. The fourth-order valence-corrected chi connectivity index (χ4v) is 3.74. The number of carbonyl (C=O) groups is 2. The highest BCUT2D eigenvalue weighted by Crippen LogP contribution is 2.30. The standard InChI is InChI=1S/C18H25N3O3.ClH/c1-12-7-13(9-19)10-20(12)18(23)14-8-17(22)21(11-14)15-3-5-16(24-2)6-4-15;/h3-6,12-14H,7-11,19H2,1-2H3;1H. The zero-order chi connectivity index (χ0) is 17.3. The Kier molecular flexibility index (Phi) is 6.30. The summed E-state index contributed by atoms with van der Waals surface area (Å²) in [4.78, 5) is 28.8. The number of likely N-dealkylation sites (tertiary alicyclic amines) is 1. The zero-order valence-electron chi connectivity index (χ0n) is 14.7. The van der Waals surface area contributed by atoms with Crippen molar-refractivity contribution in [3.63, 3.8) is 0 Å². The Morgan fingerprint density at radius 3 is 2.52 bits per heavy atom. The molecule has 1 aromatic carbocycles. The number of rotatable bonds is 4. The third-order valence-corrected chi connectivity index (χ3v) is 5.14. The molecule has 0 aromatic heterocycles. The summed E-state index contributed by atoms with van der Waals surface area (Å²) in [7, 11) is 1.61. The first-order valence-corrected chi connectivity index (χ1v) is 8.48. The van der Waals surface area contributed by atoms with Crippen molar-refractivity contribution in [1.82, 2.24) is 4.90 Å². The quantitative estimate of drug-likeness (QED) is 0.878. The molecule has 0 spiro atoms. The van der Waals surface area contributed by atoms with Crippen LogP contribution in [-0.2, 0) is 9.59 Å². The van der Waals surface area contributed by atoms with Crippen LogP contribution in [0.5, 0.6) is 5.75 Å². The molecule has 2 N–H and O–H groups in total. The van der Waals surface area contributed by atoms with E-state index in [0.29, 0.717) is 25.6 Å². The van der Waals surface area contributed by atoms with Gasteiger partial charge in [-0.2, -0.15) is 0 Å². The summed E-state index contributed by atoms with van der Waals surface area (Å²) in [6.45, 7) is 3.82. The van der Waals surface area contributed by atoms with E-state index in [1.54, 1.807) is 12.0 Å². The van der Waals surface area contributed by atoms with E-state index in [4.69, 9.17) is 10.5 Å². The molecule has 0 radical (unpaired) electrons. The van der Waals surface area contributed by atoms with Crippen molar-refractivity contribution < 1.29 is 14.3 Å². The van der Waals surface area contributed by atoms with Gasteiger partial charge in [0.1, 0.15) is 5.75 Å². The molecule has 1 aromatic rings. The summed E-state index contributed by atoms with van der Waals surface area (Å²) < 4.78 is 5.14. The van der Waals surface area contributed by atoms with Gasteiger partial charge in [-0.3, -0.25) is 9.59 Å². The van der Waals surface area contributed by atoms with Gasteiger partial charge in [0.15, 0.2) is 0 Å². The van der Waals surface area contributed by atoms with E-state index in [-0.39, 0.29) is 42.6 Å². The Morgan fingerprint density at radius 2 is 1.96 bits per heavy atom. The lowest BCUT2D eigenvalue weighted by molar-refractivity contribution is -0.136. The van der Waals surface area contributed by atoms with Gasteiger partial charge in [0.2, 0.25) is 11.8 Å². The molecule has 2 saturated heterocycles. The minimum atomic E-state index is -0.265. The van der Waals surface area contributed by atoms with E-state index in [9.17, 15) is 9.59 Å². The number of hydrogen-bond donors (Lipinski definition) is 1. The number of carbonyl (C=O) groups excluding carboxylic acids is 2. The van der Waals surface area contributed by atoms with Gasteiger partial charge in [-0.1, -0.05) is 0 Å². The molecule has 6 nitrogen and oxygen atoms in total. The van der Waals surface area contributed by atoms with E-state index in [1.807, 2.05) is 29.2 Å². The van der Waals surface area contributed by atoms with Crippen LogP contribution in [0.25, 0.3) is 0 Å². The molecule has 7 heteroatoms. The second-order valence-electron chi connectivity index (χ2n) is 6.78. The second-order valence-corrected chi connectivity index (χ2v) is 6.78. The molecular formula is C18H26ClN3O3. The highest BCUT2D eigenvalue weighted by atomic mass is 35.5. The number of halogens is 1. The van der Waals surface area contributed by atoms with E-state index < -0.39 is 0 Å². The van der Waals surface area contributed by atoms with Gasteiger partial charge in [-0.25, -0.2) is 0 Å². The topological polar surface area (TPSA) is 75.9 Å². The number of ether oxygens (including phenoxy) is 1. The Labute approximate surface area is 154 Å². The Bertz CT molecular complexity index is 622. The summed E-state index contributed by atoms with van der Waals surface area (Å²) in [5.74, 6) is 0.942. The van der Waals surface area contributed by atoms with Crippen LogP contribution in [0.15, 0.2) is 24.3 Å². The molecule has 2 amide bonds. The fourth-order valence-electron chi connectivity index (χ4n) is 3.74. The number of nitrogens with zero attached hydrogens (tertiary/aromatic N) is 2. The largest absolute Gasteiger partial charge is 0.497 e. The summed E-state index contributed by atoms with van der Waals surface area (Å²) in [5, 5.41) is 0. The molecule has 0 bridgehead atoms. The molecule has 25 heavy (non-hydrogen) atoms. The molecule has 3 atom stereocenters. The highest BCUT2D eigenvalue weighted by molar-refractivity contribution is 6.00. The van der Waals surface area contributed by atoms with Crippen LogP contribution in [0.1, 0.15) is 19.8 Å². The van der Waals surface area contributed by atoms with Crippen LogP contribution >= 0.6 is 12.4 Å². The first kappa shape index (κ1) is 19.5. The van der Waals surface area contributed by atoms with Crippen molar-refractivity contribution in [2.24, 2.45) is 17.6 Å². The maximum Gasteiger partial charge on any atom is 0.228 e. The van der Waals surface area contributed by atoms with Crippen molar-refractivity contribution in [2.45, 2.75) is 25.8 Å². The fraction of sp³-hybridized carbons (Fsp3) is 0.556. The SMILES string of the molecule is COc1ccc(N2CC(C(=O)N3CC(CN)CC3C)CC2=O)cc1.Cl. The van der Waals surface area contributed by atoms with E-state index in [1.165, 1.54) is 0 Å². The van der Waals surface area contributed by atoms with Crippen molar-refractivity contribution in [2.75, 3.05) is 31.6 Å². The summed E-state index contributed by atoms with van der Waals surface area (Å²) >= 11 is 0. The monoisotopic (exact) mass is 367 g/mol. The van der Waals surface area contributed by atoms with E-state index in [2.05, 4.69) is 6.92 Å². The lowest BCUT2D eigenvalue weighted by atomic mass is 10.1. The maximum atomic E-state index is 12.8. The third kappa shape index (κ3) is 3.90. The Balaban J connectivity index is 0.00000225. The van der Waals surface area contributed by atoms with Gasteiger partial charge >= 0.3 is 0 Å². The van der Waals surface area contributed by atoms with Gasteiger partial charge in [0, 0.05) is 31.2 Å². The molecule has 2 aliphatic heterocycles. The predicted molar refractivity (Wildman–Crippen MR) is 99.0 cm³/mol. The summed E-state index contributed by atoms with van der Waals surface area (Å²) in [5.41, 5.74) is 6.56. The van der Waals surface area contributed by atoms with Crippen LogP contribution in [0.2, 0.25) is 0 Å². The average molecular weight is 368 g/mol. The van der Waals surface area contributed by atoms with Crippen LogP contribution in [-0.4, -0.2) is 49.5 Å². The van der Waals surface area contributed by atoms with E-state index in [0.717, 1.165) is 17.9 Å². The predicted octanol–water partition coefficient (Wildman–Crippen LogP) is 1.67. The number of amides is 2. The van der Waals surface area contributed by atoms with E-state index >= 15 is 0 Å². The average Bonchev–Trinajstić information content (AvgIpc) is 3.17. The maximum absolute atomic E-state index is 12.8. The van der Waals surface area contributed by atoms with Crippen molar-refractivity contribution in [3.8, 4) is 5.75 Å². The van der Waals surface area contributed by atoms with Crippen LogP contribution in [0.3, 0.4) is 0 Å². The molecular weight excluding hydrogens is 342 g/mol. The smallest absolute Gasteiger partial charge is 0.228 e. The number of hydrogen-bond acceptors (Lipinski definition) is 4. The lowest BCUT2D eigenvalue weighted by Gasteiger charge is -2.25. The number of anilines is 1. The molecule has 0 aliphatic carbocycles. The minimum absolute atomic E-state index is 0. The normalized spacial score (nSPS) is 25.9. The number of methoxy groups -OCH3 is 1. The lowest BCUT2D eigenvalue weighted by Crippen LogP contribution is -2.39. The van der Waals surface area contributed by atoms with Crippen LogP contribution in [0, 0.1) is 11.8 Å². The first-order chi connectivity index (χ1) is 11.5. The molecule has 3 unspecified atom stereocenters. The molecule has 138 valence electrons. The Morgan fingerprint density at radius 1 is 1.28 bits per heavy atom.